The average Bonchev–Trinajstić information content (AvgIpc) is 3.18. The fourth-order valence-electron chi connectivity index (χ4n) is 2.49. The Bertz CT molecular complexity index is 824. The minimum Gasteiger partial charge on any atom is -0.466 e. The van der Waals surface area contributed by atoms with Gasteiger partial charge in [0.1, 0.15) is 5.69 Å². The summed E-state index contributed by atoms with van der Waals surface area (Å²) in [5, 5.41) is 4.73. The number of methoxy groups -OCH3 is 1. The molecule has 0 spiro atoms. The van der Waals surface area contributed by atoms with Crippen molar-refractivity contribution in [2.75, 3.05) is 19.0 Å². The van der Waals surface area contributed by atoms with Crippen molar-refractivity contribution in [3.05, 3.63) is 33.6 Å². The third-order valence-corrected chi connectivity index (χ3v) is 4.51. The Balaban J connectivity index is 2.16. The molecule has 0 aliphatic carbocycles. The van der Waals surface area contributed by atoms with Crippen LogP contribution in [-0.4, -0.2) is 41.5 Å². The zero-order valence-electron chi connectivity index (χ0n) is 15.1. The summed E-state index contributed by atoms with van der Waals surface area (Å²) in [4.78, 5) is 43.2. The van der Waals surface area contributed by atoms with Crippen LogP contribution < -0.4 is 5.32 Å². The SMILES string of the molecule is CCOC(=O)Cc1csc(NC(=O)c2[nH]c(CC)c(C(=O)OC)c2C)n1. The molecule has 0 saturated heterocycles. The van der Waals surface area contributed by atoms with Gasteiger partial charge in [0.25, 0.3) is 5.91 Å². The molecular formula is C17H21N3O5S. The highest BCUT2D eigenvalue weighted by atomic mass is 32.1. The Morgan fingerprint density at radius 1 is 1.31 bits per heavy atom. The lowest BCUT2D eigenvalue weighted by Crippen LogP contribution is -2.14. The first-order chi connectivity index (χ1) is 12.4. The van der Waals surface area contributed by atoms with Crippen LogP contribution in [0.15, 0.2) is 5.38 Å². The van der Waals surface area contributed by atoms with Crippen LogP contribution in [-0.2, 0) is 27.1 Å². The lowest BCUT2D eigenvalue weighted by molar-refractivity contribution is -0.142. The molecule has 0 radical (unpaired) electrons. The molecule has 2 N–H and O–H groups in total. The number of nitrogens with one attached hydrogen (secondary N) is 2. The number of H-pyrrole nitrogens is 1. The van der Waals surface area contributed by atoms with Crippen molar-refractivity contribution in [1.29, 1.82) is 0 Å². The predicted molar refractivity (Wildman–Crippen MR) is 96.7 cm³/mol. The van der Waals surface area contributed by atoms with Gasteiger partial charge < -0.3 is 14.5 Å². The van der Waals surface area contributed by atoms with Crippen LogP contribution in [0.5, 0.6) is 0 Å². The van der Waals surface area contributed by atoms with Crippen molar-refractivity contribution >= 4 is 34.3 Å². The first-order valence-electron chi connectivity index (χ1n) is 8.12. The van der Waals surface area contributed by atoms with Crippen LogP contribution in [0, 0.1) is 6.92 Å². The van der Waals surface area contributed by atoms with E-state index >= 15 is 0 Å². The van der Waals surface area contributed by atoms with Gasteiger partial charge in [0.2, 0.25) is 0 Å². The Morgan fingerprint density at radius 2 is 2.04 bits per heavy atom. The molecule has 0 fully saturated rings. The van der Waals surface area contributed by atoms with Crippen LogP contribution in [0.3, 0.4) is 0 Å². The molecule has 26 heavy (non-hydrogen) atoms. The number of amides is 1. The Labute approximate surface area is 154 Å². The molecule has 0 atom stereocenters. The molecule has 2 aromatic rings. The summed E-state index contributed by atoms with van der Waals surface area (Å²) in [6, 6.07) is 0. The number of carbonyl (C=O) groups excluding carboxylic acids is 3. The van der Waals surface area contributed by atoms with Gasteiger partial charge in [0.15, 0.2) is 5.13 Å². The van der Waals surface area contributed by atoms with Crippen molar-refractivity contribution in [1.82, 2.24) is 9.97 Å². The van der Waals surface area contributed by atoms with E-state index in [2.05, 4.69) is 15.3 Å². The van der Waals surface area contributed by atoms with E-state index in [1.165, 1.54) is 18.4 Å². The average molecular weight is 379 g/mol. The first kappa shape index (κ1) is 19.6. The summed E-state index contributed by atoms with van der Waals surface area (Å²) in [5.74, 6) is -1.27. The van der Waals surface area contributed by atoms with Crippen LogP contribution in [0.1, 0.15) is 51.6 Å². The number of rotatable bonds is 7. The highest BCUT2D eigenvalue weighted by molar-refractivity contribution is 7.14. The van der Waals surface area contributed by atoms with Gasteiger partial charge in [-0.05, 0) is 25.8 Å². The van der Waals surface area contributed by atoms with Crippen molar-refractivity contribution in [3.63, 3.8) is 0 Å². The van der Waals surface area contributed by atoms with E-state index in [9.17, 15) is 14.4 Å². The second-order valence-corrected chi connectivity index (χ2v) is 6.26. The first-order valence-corrected chi connectivity index (χ1v) is 9.00. The van der Waals surface area contributed by atoms with Gasteiger partial charge in [-0.15, -0.1) is 11.3 Å². The molecule has 2 heterocycles. The third kappa shape index (κ3) is 4.29. The van der Waals surface area contributed by atoms with Gasteiger partial charge in [-0.3, -0.25) is 14.9 Å². The maximum absolute atomic E-state index is 12.5. The number of thiazole rings is 1. The summed E-state index contributed by atoms with van der Waals surface area (Å²) < 4.78 is 9.66. The fourth-order valence-corrected chi connectivity index (χ4v) is 3.20. The smallest absolute Gasteiger partial charge is 0.339 e. The van der Waals surface area contributed by atoms with Gasteiger partial charge in [-0.25, -0.2) is 9.78 Å². The molecule has 9 heteroatoms. The lowest BCUT2D eigenvalue weighted by Gasteiger charge is -2.02. The number of aromatic nitrogens is 2. The largest absolute Gasteiger partial charge is 0.466 e. The quantitative estimate of drug-likeness (QED) is 0.715. The number of hydrogen-bond acceptors (Lipinski definition) is 7. The van der Waals surface area contributed by atoms with Gasteiger partial charge in [-0.2, -0.15) is 0 Å². The maximum Gasteiger partial charge on any atom is 0.339 e. The van der Waals surface area contributed by atoms with Crippen LogP contribution in [0.4, 0.5) is 5.13 Å². The summed E-state index contributed by atoms with van der Waals surface area (Å²) in [6.07, 6.45) is 0.605. The lowest BCUT2D eigenvalue weighted by atomic mass is 10.1. The Morgan fingerprint density at radius 3 is 2.65 bits per heavy atom. The molecule has 1 amide bonds. The summed E-state index contributed by atoms with van der Waals surface area (Å²) >= 11 is 1.21. The normalized spacial score (nSPS) is 10.5. The van der Waals surface area contributed by atoms with Crippen LogP contribution >= 0.6 is 11.3 Å². The molecule has 2 rings (SSSR count). The molecule has 0 aliphatic heterocycles. The van der Waals surface area contributed by atoms with Crippen molar-refractivity contribution in [3.8, 4) is 0 Å². The summed E-state index contributed by atoms with van der Waals surface area (Å²) in [7, 11) is 1.30. The molecule has 0 aliphatic rings. The van der Waals surface area contributed by atoms with Gasteiger partial charge in [-0.1, -0.05) is 6.92 Å². The molecule has 0 unspecified atom stereocenters. The van der Waals surface area contributed by atoms with E-state index in [0.717, 1.165) is 0 Å². The standard InChI is InChI=1S/C17H21N3O5S/c1-5-11-13(16(23)24-4)9(3)14(19-11)15(22)20-17-18-10(8-26-17)7-12(21)25-6-2/h8,19H,5-7H2,1-4H3,(H,18,20,22). The monoisotopic (exact) mass is 379 g/mol. The van der Waals surface area contributed by atoms with E-state index < -0.39 is 11.9 Å². The number of aryl methyl sites for hydroxylation is 1. The molecule has 0 bridgehead atoms. The Hall–Kier alpha value is -2.68. The second kappa shape index (κ2) is 8.61. The fraction of sp³-hybridized carbons (Fsp3) is 0.412. The minimum atomic E-state index is -0.486. The van der Waals surface area contributed by atoms with Crippen molar-refractivity contribution in [2.24, 2.45) is 0 Å². The highest BCUT2D eigenvalue weighted by Gasteiger charge is 2.24. The number of carbonyl (C=O) groups is 3. The third-order valence-electron chi connectivity index (χ3n) is 3.70. The van der Waals surface area contributed by atoms with Crippen LogP contribution in [0.25, 0.3) is 0 Å². The van der Waals surface area contributed by atoms with E-state index in [0.29, 0.717) is 40.7 Å². The van der Waals surface area contributed by atoms with E-state index in [1.54, 1.807) is 19.2 Å². The second-order valence-electron chi connectivity index (χ2n) is 5.40. The molecule has 0 saturated carbocycles. The molecule has 2 aromatic heterocycles. The molecular weight excluding hydrogens is 358 g/mol. The number of esters is 2. The highest BCUT2D eigenvalue weighted by Crippen LogP contribution is 2.22. The summed E-state index contributed by atoms with van der Waals surface area (Å²) in [6.45, 7) is 5.60. The topological polar surface area (TPSA) is 110 Å². The molecule has 8 nitrogen and oxygen atoms in total. The van der Waals surface area contributed by atoms with Gasteiger partial charge in [0.05, 0.1) is 31.4 Å². The number of aromatic amines is 1. The summed E-state index contributed by atoms with van der Waals surface area (Å²) in [5.41, 5.74) is 2.35. The zero-order chi connectivity index (χ0) is 19.3. The minimum absolute atomic E-state index is 0.0498. The predicted octanol–water partition coefficient (Wildman–Crippen LogP) is 2.49. The van der Waals surface area contributed by atoms with Crippen molar-refractivity contribution < 1.29 is 23.9 Å². The Kier molecular flexibility index (Phi) is 6.51. The molecule has 140 valence electrons. The number of ether oxygens (including phenoxy) is 2. The molecule has 0 aromatic carbocycles. The van der Waals surface area contributed by atoms with E-state index in [4.69, 9.17) is 9.47 Å². The number of nitrogens with zero attached hydrogens (tertiary/aromatic N) is 1. The van der Waals surface area contributed by atoms with Gasteiger partial charge >= 0.3 is 11.9 Å². The number of anilines is 1. The van der Waals surface area contributed by atoms with Gasteiger partial charge in [0, 0.05) is 11.1 Å². The van der Waals surface area contributed by atoms with E-state index in [-0.39, 0.29) is 18.1 Å². The van der Waals surface area contributed by atoms with E-state index in [1.807, 2.05) is 6.92 Å². The zero-order valence-corrected chi connectivity index (χ0v) is 15.9. The van der Waals surface area contributed by atoms with Crippen molar-refractivity contribution in [2.45, 2.75) is 33.6 Å². The van der Waals surface area contributed by atoms with Crippen LogP contribution in [0.2, 0.25) is 0 Å². The number of hydrogen-bond donors (Lipinski definition) is 2. The maximum atomic E-state index is 12.5.